The molecular weight excluding hydrogens is 492 g/mol. The standard InChI is InChI=1S/C28H33ClN4O4/c1-4-31(13-14-37-3)11-6-12-32-26(35)28(2)17-22-21-16-19(29)9-10-23(21)30-24(22)25(33(28)27(32)36)18-7-5-8-20(34)15-18/h5,7-10,15-16,25,30,34H,4,6,11-14,17H2,1-3H3. The number of H-pyrrole nitrogens is 1. The molecule has 9 heteroatoms. The third kappa shape index (κ3) is 4.37. The van der Waals surface area contributed by atoms with Crippen molar-refractivity contribution in [2.45, 2.75) is 38.3 Å². The Labute approximate surface area is 221 Å². The van der Waals surface area contributed by atoms with E-state index in [0.717, 1.165) is 47.4 Å². The number of phenols is 1. The molecular formula is C28H33ClN4O4. The van der Waals surface area contributed by atoms with Gasteiger partial charge in [-0.3, -0.25) is 14.6 Å². The van der Waals surface area contributed by atoms with Crippen LogP contribution in [0.3, 0.4) is 0 Å². The minimum absolute atomic E-state index is 0.107. The van der Waals surface area contributed by atoms with Gasteiger partial charge in [0.05, 0.1) is 6.61 Å². The number of carbonyl (C=O) groups is 2. The Balaban J connectivity index is 1.52. The molecule has 0 bridgehead atoms. The topological polar surface area (TPSA) is 89.1 Å². The van der Waals surface area contributed by atoms with Gasteiger partial charge in [0, 0.05) is 48.2 Å². The number of hydrogen-bond acceptors (Lipinski definition) is 5. The molecule has 2 unspecified atom stereocenters. The number of methoxy groups -OCH3 is 1. The molecule has 2 aliphatic heterocycles. The number of amides is 3. The van der Waals surface area contributed by atoms with Crippen molar-refractivity contribution >= 4 is 34.4 Å². The first kappa shape index (κ1) is 25.6. The van der Waals surface area contributed by atoms with Crippen LogP contribution in [0, 0.1) is 0 Å². The Morgan fingerprint density at radius 2 is 2.03 bits per heavy atom. The molecule has 196 valence electrons. The quantitative estimate of drug-likeness (QED) is 0.401. The molecule has 0 saturated carbocycles. The van der Waals surface area contributed by atoms with Crippen LogP contribution in [-0.2, 0) is 16.0 Å². The number of imide groups is 1. The van der Waals surface area contributed by atoms with E-state index in [1.807, 2.05) is 31.2 Å². The highest BCUT2D eigenvalue weighted by Crippen LogP contribution is 2.49. The predicted molar refractivity (Wildman–Crippen MR) is 143 cm³/mol. The Kier molecular flexibility index (Phi) is 6.91. The monoisotopic (exact) mass is 524 g/mol. The number of nitrogens with one attached hydrogen (secondary N) is 1. The number of hydrogen-bond donors (Lipinski definition) is 2. The first-order valence-electron chi connectivity index (χ1n) is 12.7. The minimum atomic E-state index is -1.06. The number of nitrogens with zero attached hydrogens (tertiary/aromatic N) is 3. The van der Waals surface area contributed by atoms with E-state index < -0.39 is 11.6 Å². The van der Waals surface area contributed by atoms with Crippen LogP contribution in [0.1, 0.15) is 43.1 Å². The Bertz CT molecular complexity index is 1340. The number of aromatic hydroxyl groups is 1. The number of halogens is 1. The van der Waals surface area contributed by atoms with Crippen LogP contribution in [0.15, 0.2) is 42.5 Å². The summed E-state index contributed by atoms with van der Waals surface area (Å²) in [4.78, 5) is 36.7. The molecule has 2 N–H and O–H groups in total. The number of ether oxygens (including phenoxy) is 1. The van der Waals surface area contributed by atoms with E-state index in [1.54, 1.807) is 30.2 Å². The van der Waals surface area contributed by atoms with Gasteiger partial charge in [-0.1, -0.05) is 30.7 Å². The molecule has 2 atom stereocenters. The van der Waals surface area contributed by atoms with Gasteiger partial charge >= 0.3 is 6.03 Å². The van der Waals surface area contributed by atoms with Crippen LogP contribution in [0.25, 0.3) is 10.9 Å². The second-order valence-corrected chi connectivity index (χ2v) is 10.5. The maximum absolute atomic E-state index is 13.9. The maximum atomic E-state index is 13.9. The van der Waals surface area contributed by atoms with Crippen LogP contribution in [-0.4, -0.2) is 82.2 Å². The lowest BCUT2D eigenvalue weighted by Crippen LogP contribution is -2.53. The van der Waals surface area contributed by atoms with Crippen molar-refractivity contribution in [3.8, 4) is 5.75 Å². The molecule has 1 fully saturated rings. The van der Waals surface area contributed by atoms with E-state index in [0.29, 0.717) is 31.0 Å². The fraction of sp³-hybridized carbons (Fsp3) is 0.429. The summed E-state index contributed by atoms with van der Waals surface area (Å²) in [6.45, 7) is 7.38. The van der Waals surface area contributed by atoms with E-state index in [2.05, 4.69) is 16.8 Å². The summed E-state index contributed by atoms with van der Waals surface area (Å²) >= 11 is 6.34. The molecule has 3 amide bonds. The molecule has 3 aromatic rings. The van der Waals surface area contributed by atoms with Crippen molar-refractivity contribution in [3.63, 3.8) is 0 Å². The van der Waals surface area contributed by atoms with Crippen molar-refractivity contribution in [1.29, 1.82) is 0 Å². The zero-order valence-electron chi connectivity index (χ0n) is 21.5. The highest BCUT2D eigenvalue weighted by atomic mass is 35.5. The van der Waals surface area contributed by atoms with Gasteiger partial charge in [-0.15, -0.1) is 0 Å². The predicted octanol–water partition coefficient (Wildman–Crippen LogP) is 4.55. The van der Waals surface area contributed by atoms with Crippen molar-refractivity contribution in [3.05, 3.63) is 64.3 Å². The molecule has 2 aromatic carbocycles. The third-order valence-electron chi connectivity index (χ3n) is 7.73. The van der Waals surface area contributed by atoms with Crippen molar-refractivity contribution in [1.82, 2.24) is 19.7 Å². The van der Waals surface area contributed by atoms with Crippen LogP contribution < -0.4 is 0 Å². The summed E-state index contributed by atoms with van der Waals surface area (Å²) in [7, 11) is 1.68. The van der Waals surface area contributed by atoms with Crippen LogP contribution >= 0.6 is 11.6 Å². The smallest absolute Gasteiger partial charge is 0.328 e. The molecule has 3 heterocycles. The first-order chi connectivity index (χ1) is 17.8. The molecule has 0 spiro atoms. The normalized spacial score (nSPS) is 21.3. The zero-order chi connectivity index (χ0) is 26.3. The number of benzene rings is 2. The second kappa shape index (κ2) is 10.0. The highest BCUT2D eigenvalue weighted by molar-refractivity contribution is 6.31. The Morgan fingerprint density at radius 1 is 1.22 bits per heavy atom. The fourth-order valence-electron chi connectivity index (χ4n) is 5.82. The number of urea groups is 1. The van der Waals surface area contributed by atoms with Gasteiger partial charge in [0.1, 0.15) is 17.3 Å². The van der Waals surface area contributed by atoms with Crippen molar-refractivity contribution < 1.29 is 19.4 Å². The Morgan fingerprint density at radius 3 is 2.76 bits per heavy atom. The molecule has 0 aliphatic carbocycles. The highest BCUT2D eigenvalue weighted by Gasteiger charge is 2.60. The van der Waals surface area contributed by atoms with E-state index in [1.165, 1.54) is 4.90 Å². The number of rotatable bonds is 9. The second-order valence-electron chi connectivity index (χ2n) is 10.0. The third-order valence-corrected chi connectivity index (χ3v) is 7.96. The first-order valence-corrected chi connectivity index (χ1v) is 13.1. The summed E-state index contributed by atoms with van der Waals surface area (Å²) in [6, 6.07) is 11.7. The number of aromatic amines is 1. The molecule has 5 rings (SSSR count). The van der Waals surface area contributed by atoms with Gasteiger partial charge in [-0.25, -0.2) is 4.79 Å². The van der Waals surface area contributed by atoms with Gasteiger partial charge in [0.15, 0.2) is 0 Å². The molecule has 37 heavy (non-hydrogen) atoms. The summed E-state index contributed by atoms with van der Waals surface area (Å²) in [5, 5.41) is 11.8. The van der Waals surface area contributed by atoms with Gasteiger partial charge in [0.2, 0.25) is 0 Å². The van der Waals surface area contributed by atoms with E-state index in [9.17, 15) is 14.7 Å². The van der Waals surface area contributed by atoms with Crippen LogP contribution in [0.4, 0.5) is 4.79 Å². The molecule has 2 aliphatic rings. The van der Waals surface area contributed by atoms with Gasteiger partial charge < -0.3 is 19.7 Å². The van der Waals surface area contributed by atoms with Crippen molar-refractivity contribution in [2.24, 2.45) is 0 Å². The number of aromatic nitrogens is 1. The van der Waals surface area contributed by atoms with Gasteiger partial charge in [-0.2, -0.15) is 0 Å². The van der Waals surface area contributed by atoms with Crippen molar-refractivity contribution in [2.75, 3.05) is 39.9 Å². The summed E-state index contributed by atoms with van der Waals surface area (Å²) in [5.41, 5.74) is 2.41. The average molecular weight is 525 g/mol. The molecule has 1 saturated heterocycles. The van der Waals surface area contributed by atoms with E-state index in [-0.39, 0.29) is 17.7 Å². The molecule has 0 radical (unpaired) electrons. The van der Waals surface area contributed by atoms with E-state index in [4.69, 9.17) is 16.3 Å². The summed E-state index contributed by atoms with van der Waals surface area (Å²) in [5.74, 6) is -0.0827. The number of likely N-dealkylation sites (N-methyl/N-ethyl adjacent to an activating group) is 1. The van der Waals surface area contributed by atoms with Crippen LogP contribution in [0.2, 0.25) is 5.02 Å². The minimum Gasteiger partial charge on any atom is -0.508 e. The lowest BCUT2D eigenvalue weighted by molar-refractivity contribution is -0.133. The number of carbonyl (C=O) groups excluding carboxylic acids is 2. The van der Waals surface area contributed by atoms with Crippen LogP contribution in [0.5, 0.6) is 5.75 Å². The lowest BCUT2D eigenvalue weighted by Gasteiger charge is -2.42. The average Bonchev–Trinajstić information content (AvgIpc) is 3.31. The maximum Gasteiger partial charge on any atom is 0.328 e. The molecule has 1 aromatic heterocycles. The molecule has 8 nitrogen and oxygen atoms in total. The Hall–Kier alpha value is -3.07. The lowest BCUT2D eigenvalue weighted by atomic mass is 9.81. The van der Waals surface area contributed by atoms with Gasteiger partial charge in [0.25, 0.3) is 5.91 Å². The number of fused-ring (bicyclic) bond motifs is 4. The van der Waals surface area contributed by atoms with Gasteiger partial charge in [-0.05, 0) is 67.9 Å². The summed E-state index contributed by atoms with van der Waals surface area (Å²) in [6.07, 6.45) is 1.06. The summed E-state index contributed by atoms with van der Waals surface area (Å²) < 4.78 is 5.19. The zero-order valence-corrected chi connectivity index (χ0v) is 22.2. The fourth-order valence-corrected chi connectivity index (χ4v) is 6.00. The largest absolute Gasteiger partial charge is 0.508 e. The van der Waals surface area contributed by atoms with E-state index >= 15 is 0 Å². The number of phenolic OH excluding ortho intramolecular Hbond substituents is 1. The SMILES string of the molecule is CCN(CCCN1C(=O)N2C(c3cccc(O)c3)c3[nH]c4ccc(Cl)cc4c3CC2(C)C1=O)CCOC.